The van der Waals surface area contributed by atoms with Gasteiger partial charge in [0.25, 0.3) is 0 Å². The summed E-state index contributed by atoms with van der Waals surface area (Å²) in [7, 11) is -0.413. The van der Waals surface area contributed by atoms with E-state index in [4.69, 9.17) is 14.0 Å². The summed E-state index contributed by atoms with van der Waals surface area (Å²) in [5.74, 6) is 1.91. The molecule has 12 heteroatoms. The number of nitrogens with one attached hydrogen (secondary N) is 1. The molecule has 0 aliphatic carbocycles. The van der Waals surface area contributed by atoms with Crippen LogP contribution in [0.4, 0.5) is 5.69 Å². The van der Waals surface area contributed by atoms with Crippen LogP contribution in [-0.4, -0.2) is 74.1 Å². The van der Waals surface area contributed by atoms with E-state index in [2.05, 4.69) is 20.4 Å². The lowest BCUT2D eigenvalue weighted by molar-refractivity contribution is -0.121. The first-order valence-corrected chi connectivity index (χ1v) is 14.9. The summed E-state index contributed by atoms with van der Waals surface area (Å²) in [5, 5.41) is 7.05. The molecule has 0 bridgehead atoms. The van der Waals surface area contributed by atoms with Crippen molar-refractivity contribution in [2.24, 2.45) is 5.92 Å². The molecule has 0 saturated carbocycles. The maximum atomic E-state index is 13.1. The van der Waals surface area contributed by atoms with Gasteiger partial charge in [0.05, 0.1) is 25.7 Å². The SMILES string of the molecule is COc1ccc(-c2noc(CN3CCC(C(=O)Nc4ccc(C)c(S(=O)(=O)N5CCCC5)c4)CC3)n2)cc1OC. The predicted octanol–water partition coefficient (Wildman–Crippen LogP) is 3.70. The number of hydrogen-bond donors (Lipinski definition) is 1. The molecule has 2 aliphatic heterocycles. The Bertz CT molecular complexity index is 1460. The minimum Gasteiger partial charge on any atom is -0.493 e. The van der Waals surface area contributed by atoms with Crippen LogP contribution < -0.4 is 14.8 Å². The minimum atomic E-state index is -3.57. The maximum Gasteiger partial charge on any atom is 0.243 e. The fraction of sp³-hybridized carbons (Fsp3) is 0.464. The van der Waals surface area contributed by atoms with E-state index in [0.29, 0.717) is 80.0 Å². The summed E-state index contributed by atoms with van der Waals surface area (Å²) >= 11 is 0. The lowest BCUT2D eigenvalue weighted by Gasteiger charge is -2.30. The largest absolute Gasteiger partial charge is 0.493 e. The Labute approximate surface area is 234 Å². The van der Waals surface area contributed by atoms with Crippen molar-refractivity contribution in [3.63, 3.8) is 0 Å². The van der Waals surface area contributed by atoms with Crippen molar-refractivity contribution < 1.29 is 27.2 Å². The van der Waals surface area contributed by atoms with Gasteiger partial charge in [0, 0.05) is 30.3 Å². The van der Waals surface area contributed by atoms with Gasteiger partial charge in [0.1, 0.15) is 0 Å². The van der Waals surface area contributed by atoms with E-state index in [0.717, 1.165) is 18.4 Å². The van der Waals surface area contributed by atoms with Gasteiger partial charge in [0.15, 0.2) is 11.5 Å². The minimum absolute atomic E-state index is 0.0958. The zero-order valence-corrected chi connectivity index (χ0v) is 23.9. The summed E-state index contributed by atoms with van der Waals surface area (Å²) in [5.41, 5.74) is 1.94. The number of ether oxygens (including phenoxy) is 2. The molecule has 1 N–H and O–H groups in total. The Kier molecular flexibility index (Phi) is 8.38. The summed E-state index contributed by atoms with van der Waals surface area (Å²) in [6.07, 6.45) is 3.10. The van der Waals surface area contributed by atoms with Crippen LogP contribution in [0.25, 0.3) is 11.4 Å². The first kappa shape index (κ1) is 28.1. The Balaban J connectivity index is 1.16. The molecule has 3 heterocycles. The zero-order valence-electron chi connectivity index (χ0n) is 23.1. The first-order chi connectivity index (χ1) is 19.3. The highest BCUT2D eigenvalue weighted by molar-refractivity contribution is 7.89. The third-order valence-electron chi connectivity index (χ3n) is 7.57. The van der Waals surface area contributed by atoms with Gasteiger partial charge in [-0.15, -0.1) is 0 Å². The summed E-state index contributed by atoms with van der Waals surface area (Å²) < 4.78 is 43.8. The van der Waals surface area contributed by atoms with Crippen LogP contribution in [0, 0.1) is 12.8 Å². The molecule has 11 nitrogen and oxygen atoms in total. The molecule has 2 aromatic carbocycles. The molecule has 3 aromatic rings. The number of piperidine rings is 1. The van der Waals surface area contributed by atoms with E-state index >= 15 is 0 Å². The normalized spacial score (nSPS) is 17.2. The first-order valence-electron chi connectivity index (χ1n) is 13.5. The lowest BCUT2D eigenvalue weighted by Crippen LogP contribution is -2.37. The van der Waals surface area contributed by atoms with Crippen LogP contribution in [0.2, 0.25) is 0 Å². The number of benzene rings is 2. The number of likely N-dealkylation sites (tertiary alicyclic amines) is 1. The molecule has 0 radical (unpaired) electrons. The van der Waals surface area contributed by atoms with Crippen LogP contribution in [0.1, 0.15) is 37.1 Å². The summed E-state index contributed by atoms with van der Waals surface area (Å²) in [6, 6.07) is 10.5. The van der Waals surface area contributed by atoms with Crippen molar-refractivity contribution in [3.8, 4) is 22.9 Å². The Morgan fingerprint density at radius 1 is 1.02 bits per heavy atom. The number of anilines is 1. The van der Waals surface area contributed by atoms with Gasteiger partial charge >= 0.3 is 0 Å². The molecular formula is C28H35N5O6S. The van der Waals surface area contributed by atoms with Gasteiger partial charge in [-0.25, -0.2) is 8.42 Å². The van der Waals surface area contributed by atoms with Crippen LogP contribution in [0.15, 0.2) is 45.8 Å². The fourth-order valence-electron chi connectivity index (χ4n) is 5.22. The molecule has 40 heavy (non-hydrogen) atoms. The van der Waals surface area contributed by atoms with Crippen LogP contribution in [0.5, 0.6) is 11.5 Å². The Hall–Kier alpha value is -3.48. The van der Waals surface area contributed by atoms with Gasteiger partial charge in [-0.05, 0) is 81.6 Å². The molecule has 0 atom stereocenters. The Morgan fingerprint density at radius 3 is 2.45 bits per heavy atom. The highest BCUT2D eigenvalue weighted by Gasteiger charge is 2.30. The van der Waals surface area contributed by atoms with E-state index in [1.54, 1.807) is 51.5 Å². The van der Waals surface area contributed by atoms with Crippen LogP contribution in [-0.2, 0) is 21.4 Å². The number of methoxy groups -OCH3 is 2. The molecule has 2 saturated heterocycles. The molecule has 1 amide bonds. The predicted molar refractivity (Wildman–Crippen MR) is 149 cm³/mol. The van der Waals surface area contributed by atoms with E-state index in [1.165, 1.54) is 4.31 Å². The molecule has 5 rings (SSSR count). The third-order valence-corrected chi connectivity index (χ3v) is 9.61. The average molecular weight is 570 g/mol. The number of aromatic nitrogens is 2. The van der Waals surface area contributed by atoms with Crippen LogP contribution in [0.3, 0.4) is 0 Å². The maximum absolute atomic E-state index is 13.1. The number of sulfonamides is 1. The number of carbonyl (C=O) groups is 1. The third kappa shape index (κ3) is 5.98. The highest BCUT2D eigenvalue weighted by atomic mass is 32.2. The van der Waals surface area contributed by atoms with Crippen molar-refractivity contribution in [2.75, 3.05) is 45.7 Å². The second kappa shape index (κ2) is 11.9. The zero-order chi connectivity index (χ0) is 28.3. The van der Waals surface area contributed by atoms with E-state index in [-0.39, 0.29) is 16.7 Å². The Morgan fingerprint density at radius 2 is 1.75 bits per heavy atom. The second-order valence-corrected chi connectivity index (χ2v) is 12.1. The van der Waals surface area contributed by atoms with E-state index < -0.39 is 10.0 Å². The quantitative estimate of drug-likeness (QED) is 0.410. The van der Waals surface area contributed by atoms with E-state index in [1.807, 2.05) is 6.07 Å². The molecule has 2 fully saturated rings. The molecule has 2 aliphatic rings. The topological polar surface area (TPSA) is 127 Å². The van der Waals surface area contributed by atoms with Crippen molar-refractivity contribution >= 4 is 21.6 Å². The second-order valence-electron chi connectivity index (χ2n) is 10.2. The summed E-state index contributed by atoms with van der Waals surface area (Å²) in [4.78, 5) is 20.0. The average Bonchev–Trinajstić information content (AvgIpc) is 3.67. The molecule has 214 valence electrons. The number of amides is 1. The molecule has 1 aromatic heterocycles. The molecule has 0 unspecified atom stereocenters. The van der Waals surface area contributed by atoms with Gasteiger partial charge in [-0.1, -0.05) is 11.2 Å². The molecular weight excluding hydrogens is 534 g/mol. The highest BCUT2D eigenvalue weighted by Crippen LogP contribution is 2.32. The fourth-order valence-corrected chi connectivity index (χ4v) is 6.99. The van der Waals surface area contributed by atoms with Crippen molar-refractivity contribution in [1.82, 2.24) is 19.3 Å². The van der Waals surface area contributed by atoms with Gasteiger partial charge in [-0.2, -0.15) is 9.29 Å². The standard InChI is InChI=1S/C28H35N5O6S/c1-19-6-8-22(17-25(19)40(35,36)33-12-4-5-13-33)29-28(34)20-10-14-32(15-11-20)18-26-30-27(31-39-26)21-7-9-23(37-2)24(16-21)38-3/h6-9,16-17,20H,4-5,10-15,18H2,1-3H3,(H,29,34). The summed E-state index contributed by atoms with van der Waals surface area (Å²) in [6.45, 7) is 4.76. The van der Waals surface area contributed by atoms with Gasteiger partial charge < -0.3 is 19.3 Å². The lowest BCUT2D eigenvalue weighted by atomic mass is 9.96. The molecule has 0 spiro atoms. The number of nitrogens with zero attached hydrogens (tertiary/aromatic N) is 4. The van der Waals surface area contributed by atoms with Crippen molar-refractivity contribution in [1.29, 1.82) is 0 Å². The van der Waals surface area contributed by atoms with Gasteiger partial charge in [-0.3, -0.25) is 9.69 Å². The number of hydrogen-bond acceptors (Lipinski definition) is 9. The smallest absolute Gasteiger partial charge is 0.243 e. The number of aryl methyl sites for hydroxylation is 1. The van der Waals surface area contributed by atoms with Gasteiger partial charge in [0.2, 0.25) is 27.6 Å². The van der Waals surface area contributed by atoms with Crippen molar-refractivity contribution in [3.05, 3.63) is 47.9 Å². The van der Waals surface area contributed by atoms with E-state index in [9.17, 15) is 13.2 Å². The number of carbonyl (C=O) groups excluding carboxylic acids is 1. The van der Waals surface area contributed by atoms with Crippen LogP contribution >= 0.6 is 0 Å². The number of rotatable bonds is 9. The van der Waals surface area contributed by atoms with Crippen molar-refractivity contribution in [2.45, 2.75) is 44.0 Å². The monoisotopic (exact) mass is 569 g/mol.